The number of ether oxygens (including phenoxy) is 1. The van der Waals surface area contributed by atoms with Gasteiger partial charge in [0.2, 0.25) is 0 Å². The summed E-state index contributed by atoms with van der Waals surface area (Å²) in [5.41, 5.74) is 1.78. The molecule has 7 heteroatoms. The van der Waals surface area contributed by atoms with Gasteiger partial charge in [-0.3, -0.25) is 9.10 Å². The van der Waals surface area contributed by atoms with Gasteiger partial charge in [-0.15, -0.1) is 0 Å². The lowest BCUT2D eigenvalue weighted by Crippen LogP contribution is -2.31. The van der Waals surface area contributed by atoms with E-state index in [9.17, 15) is 18.0 Å². The zero-order valence-electron chi connectivity index (χ0n) is 15.3. The molecule has 1 fully saturated rings. The number of rotatable bonds is 4. The topological polar surface area (TPSA) is 80.8 Å². The Morgan fingerprint density at radius 3 is 2.68 bits per heavy atom. The third-order valence-electron chi connectivity index (χ3n) is 5.25. The summed E-state index contributed by atoms with van der Waals surface area (Å²) in [6.07, 6.45) is 2.52. The molecular weight excluding hydrogens is 378 g/mol. The van der Waals surface area contributed by atoms with Crippen molar-refractivity contribution in [3.05, 3.63) is 59.7 Å². The van der Waals surface area contributed by atoms with Crippen LogP contribution in [0.4, 0.5) is 5.69 Å². The highest BCUT2D eigenvalue weighted by molar-refractivity contribution is 7.92. The highest BCUT2D eigenvalue weighted by Gasteiger charge is 2.31. The summed E-state index contributed by atoms with van der Waals surface area (Å²) in [5, 5.41) is 0. The number of fused-ring (bicyclic) bond motifs is 1. The summed E-state index contributed by atoms with van der Waals surface area (Å²) in [6.45, 7) is 0.368. The van der Waals surface area contributed by atoms with Crippen molar-refractivity contribution < 1.29 is 22.7 Å². The molecule has 2 aromatic carbocycles. The molecule has 4 rings (SSSR count). The molecular formula is C21H21NO5S. The third-order valence-corrected chi connectivity index (χ3v) is 7.06. The van der Waals surface area contributed by atoms with Gasteiger partial charge in [0.05, 0.1) is 16.1 Å². The van der Waals surface area contributed by atoms with Crippen LogP contribution in [0.2, 0.25) is 0 Å². The Bertz CT molecular complexity index is 1030. The van der Waals surface area contributed by atoms with E-state index in [4.69, 9.17) is 4.74 Å². The number of sulfonamides is 1. The van der Waals surface area contributed by atoms with Gasteiger partial charge in [0, 0.05) is 13.0 Å². The summed E-state index contributed by atoms with van der Waals surface area (Å²) in [4.78, 5) is 24.4. The van der Waals surface area contributed by atoms with Crippen LogP contribution in [0, 0.1) is 0 Å². The third kappa shape index (κ3) is 3.42. The quantitative estimate of drug-likeness (QED) is 0.738. The lowest BCUT2D eigenvalue weighted by molar-refractivity contribution is -0.129. The fourth-order valence-electron chi connectivity index (χ4n) is 3.74. The molecule has 28 heavy (non-hydrogen) atoms. The fourth-order valence-corrected chi connectivity index (χ4v) is 5.29. The van der Waals surface area contributed by atoms with E-state index in [1.807, 2.05) is 18.2 Å². The monoisotopic (exact) mass is 399 g/mol. The van der Waals surface area contributed by atoms with Crippen molar-refractivity contribution in [1.82, 2.24) is 0 Å². The summed E-state index contributed by atoms with van der Waals surface area (Å²) in [7, 11) is -3.79. The first-order valence-electron chi connectivity index (χ1n) is 9.41. The zero-order chi connectivity index (χ0) is 19.7. The van der Waals surface area contributed by atoms with Gasteiger partial charge in [-0.2, -0.15) is 0 Å². The first-order chi connectivity index (χ1) is 13.5. The minimum atomic E-state index is -3.79. The predicted octanol–water partition coefficient (Wildman–Crippen LogP) is 3.11. The maximum atomic E-state index is 13.1. The highest BCUT2D eigenvalue weighted by atomic mass is 32.2. The number of carbonyl (C=O) groups is 2. The number of anilines is 1. The second kappa shape index (κ2) is 7.39. The Kier molecular flexibility index (Phi) is 4.93. The average molecular weight is 399 g/mol. The van der Waals surface area contributed by atoms with Crippen molar-refractivity contribution in [2.45, 2.75) is 43.1 Å². The number of Topliss-reactive ketones (excluding diaryl/α,β-unsaturated/α-hetero) is 1. The molecule has 1 heterocycles. The number of nitrogens with zero attached hydrogens (tertiary/aromatic N) is 1. The summed E-state index contributed by atoms with van der Waals surface area (Å²) in [5.74, 6) is -0.740. The first kappa shape index (κ1) is 18.7. The second-order valence-corrected chi connectivity index (χ2v) is 8.95. The number of esters is 1. The van der Waals surface area contributed by atoms with Crippen molar-refractivity contribution in [3.63, 3.8) is 0 Å². The SMILES string of the molecule is O=C(O[C@H]1CCCCC1=O)c1cccc(S(=O)(=O)N2CCc3ccccc32)c1. The molecule has 2 aromatic rings. The van der Waals surface area contributed by atoms with Crippen molar-refractivity contribution in [2.24, 2.45) is 0 Å². The standard InChI is InChI=1S/C21H21NO5S/c23-19-10-3-4-11-20(19)27-21(24)16-7-5-8-17(14-16)28(25,26)22-13-12-15-6-1-2-9-18(15)22/h1-2,5-9,14,20H,3-4,10-13H2/t20-/m0/s1. The van der Waals surface area contributed by atoms with E-state index in [-0.39, 0.29) is 16.2 Å². The Morgan fingerprint density at radius 1 is 1.04 bits per heavy atom. The van der Waals surface area contributed by atoms with Crippen molar-refractivity contribution in [1.29, 1.82) is 0 Å². The van der Waals surface area contributed by atoms with Crippen molar-refractivity contribution in [2.75, 3.05) is 10.8 Å². The Hall–Kier alpha value is -2.67. The number of hydrogen-bond acceptors (Lipinski definition) is 5. The number of ketones is 1. The van der Waals surface area contributed by atoms with E-state index in [1.165, 1.54) is 28.6 Å². The van der Waals surface area contributed by atoms with Crippen LogP contribution in [0.3, 0.4) is 0 Å². The Labute approximate surface area is 164 Å². The molecule has 1 aliphatic carbocycles. The summed E-state index contributed by atoms with van der Waals surface area (Å²) >= 11 is 0. The lowest BCUT2D eigenvalue weighted by Gasteiger charge is -2.21. The fraction of sp³-hybridized carbons (Fsp3) is 0.333. The molecule has 0 amide bonds. The number of para-hydroxylation sites is 1. The van der Waals surface area contributed by atoms with Crippen LogP contribution in [-0.2, 0) is 26.0 Å². The van der Waals surface area contributed by atoms with E-state index < -0.39 is 22.1 Å². The minimum absolute atomic E-state index is 0.0358. The number of hydrogen-bond donors (Lipinski definition) is 0. The average Bonchev–Trinajstić information content (AvgIpc) is 3.15. The lowest BCUT2D eigenvalue weighted by atomic mass is 9.96. The van der Waals surface area contributed by atoms with Crippen molar-refractivity contribution in [3.8, 4) is 0 Å². The molecule has 0 aromatic heterocycles. The van der Waals surface area contributed by atoms with E-state index in [0.29, 0.717) is 31.5 Å². The highest BCUT2D eigenvalue weighted by Crippen LogP contribution is 2.32. The molecule has 0 radical (unpaired) electrons. The molecule has 2 aliphatic rings. The molecule has 146 valence electrons. The van der Waals surface area contributed by atoms with Crippen LogP contribution in [0.25, 0.3) is 0 Å². The summed E-state index contributed by atoms with van der Waals surface area (Å²) < 4.78 is 33.0. The first-order valence-corrected chi connectivity index (χ1v) is 10.9. The molecule has 1 aliphatic heterocycles. The molecule has 1 atom stereocenters. The molecule has 0 saturated heterocycles. The summed E-state index contributed by atoms with van der Waals surface area (Å²) in [6, 6.07) is 13.2. The zero-order valence-corrected chi connectivity index (χ0v) is 16.2. The molecule has 6 nitrogen and oxygen atoms in total. The van der Waals surface area contributed by atoms with Gasteiger partial charge in [-0.05, 0) is 55.5 Å². The smallest absolute Gasteiger partial charge is 0.338 e. The van der Waals surface area contributed by atoms with Gasteiger partial charge in [0.25, 0.3) is 10.0 Å². The van der Waals surface area contributed by atoms with Crippen LogP contribution in [0.1, 0.15) is 41.6 Å². The maximum absolute atomic E-state index is 13.1. The van der Waals surface area contributed by atoms with Gasteiger partial charge in [-0.25, -0.2) is 13.2 Å². The van der Waals surface area contributed by atoms with Gasteiger partial charge >= 0.3 is 5.97 Å². The molecule has 1 saturated carbocycles. The maximum Gasteiger partial charge on any atom is 0.338 e. The largest absolute Gasteiger partial charge is 0.451 e. The predicted molar refractivity (Wildman–Crippen MR) is 104 cm³/mol. The number of benzene rings is 2. The van der Waals surface area contributed by atoms with E-state index in [1.54, 1.807) is 6.07 Å². The van der Waals surface area contributed by atoms with Crippen molar-refractivity contribution >= 4 is 27.5 Å². The van der Waals surface area contributed by atoms with E-state index >= 15 is 0 Å². The Morgan fingerprint density at radius 2 is 1.86 bits per heavy atom. The molecule has 0 spiro atoms. The van der Waals surface area contributed by atoms with Crippen LogP contribution < -0.4 is 4.31 Å². The second-order valence-electron chi connectivity index (χ2n) is 7.09. The normalized spacial score (nSPS) is 19.4. The number of carbonyl (C=O) groups excluding carboxylic acids is 2. The van der Waals surface area contributed by atoms with Crippen LogP contribution in [-0.4, -0.2) is 32.8 Å². The molecule has 0 bridgehead atoms. The van der Waals surface area contributed by atoms with Crippen LogP contribution in [0.15, 0.2) is 53.4 Å². The van der Waals surface area contributed by atoms with Gasteiger partial charge in [0.1, 0.15) is 0 Å². The van der Waals surface area contributed by atoms with E-state index in [2.05, 4.69) is 0 Å². The van der Waals surface area contributed by atoms with Crippen LogP contribution in [0.5, 0.6) is 0 Å². The van der Waals surface area contributed by atoms with Gasteiger partial charge < -0.3 is 4.74 Å². The minimum Gasteiger partial charge on any atom is -0.451 e. The van der Waals surface area contributed by atoms with Gasteiger partial charge in [0.15, 0.2) is 11.9 Å². The Balaban J connectivity index is 1.58. The molecule has 0 N–H and O–H groups in total. The van der Waals surface area contributed by atoms with Crippen LogP contribution >= 0.6 is 0 Å². The molecule has 0 unspecified atom stereocenters. The van der Waals surface area contributed by atoms with Gasteiger partial charge in [-0.1, -0.05) is 24.3 Å². The van der Waals surface area contributed by atoms with E-state index in [0.717, 1.165) is 18.4 Å².